The molecule has 0 spiro atoms. The van der Waals surface area contributed by atoms with Crippen molar-refractivity contribution in [3.05, 3.63) is 0 Å². The maximum Gasteiger partial charge on any atom is 0.223 e. The molecular weight excluding hydrogens is 216 g/mol. The van der Waals surface area contributed by atoms with E-state index >= 15 is 0 Å². The lowest BCUT2D eigenvalue weighted by atomic mass is 9.85. The van der Waals surface area contributed by atoms with Gasteiger partial charge in [0, 0.05) is 18.4 Å². The van der Waals surface area contributed by atoms with Crippen LogP contribution in [-0.2, 0) is 4.79 Å². The first-order valence-electron chi connectivity index (χ1n) is 6.85. The molecule has 17 heavy (non-hydrogen) atoms. The highest BCUT2D eigenvalue weighted by molar-refractivity contribution is 5.78. The van der Waals surface area contributed by atoms with Crippen molar-refractivity contribution < 1.29 is 9.90 Å². The zero-order chi connectivity index (χ0) is 12.3. The van der Waals surface area contributed by atoms with Gasteiger partial charge in [0.1, 0.15) is 0 Å². The summed E-state index contributed by atoms with van der Waals surface area (Å²) >= 11 is 0. The molecule has 1 aliphatic carbocycles. The SMILES string of the molecule is CC(C(=O)NCC1CCCCC1O)C1CNC1. The summed E-state index contributed by atoms with van der Waals surface area (Å²) in [6.45, 7) is 4.56. The van der Waals surface area contributed by atoms with E-state index in [1.807, 2.05) is 6.92 Å². The molecule has 2 rings (SSSR count). The lowest BCUT2D eigenvalue weighted by Gasteiger charge is -2.33. The molecule has 0 bridgehead atoms. The van der Waals surface area contributed by atoms with Crippen LogP contribution in [0.4, 0.5) is 0 Å². The van der Waals surface area contributed by atoms with Crippen molar-refractivity contribution in [2.45, 2.75) is 38.7 Å². The summed E-state index contributed by atoms with van der Waals surface area (Å²) in [5, 5.41) is 16.0. The van der Waals surface area contributed by atoms with Crippen LogP contribution in [0.2, 0.25) is 0 Å². The van der Waals surface area contributed by atoms with Crippen molar-refractivity contribution in [1.29, 1.82) is 0 Å². The molecule has 4 nitrogen and oxygen atoms in total. The van der Waals surface area contributed by atoms with Crippen molar-refractivity contribution >= 4 is 5.91 Å². The maximum absolute atomic E-state index is 11.9. The van der Waals surface area contributed by atoms with Crippen molar-refractivity contribution in [2.75, 3.05) is 19.6 Å². The molecule has 3 unspecified atom stereocenters. The normalized spacial score (nSPS) is 31.6. The average Bonchev–Trinajstić information content (AvgIpc) is 2.25. The summed E-state index contributed by atoms with van der Waals surface area (Å²) in [5.74, 6) is 0.997. The van der Waals surface area contributed by atoms with Gasteiger partial charge in [-0.3, -0.25) is 4.79 Å². The lowest BCUT2D eigenvalue weighted by molar-refractivity contribution is -0.127. The van der Waals surface area contributed by atoms with E-state index in [0.717, 1.165) is 32.4 Å². The average molecular weight is 240 g/mol. The Hall–Kier alpha value is -0.610. The van der Waals surface area contributed by atoms with Crippen LogP contribution < -0.4 is 10.6 Å². The van der Waals surface area contributed by atoms with Crippen molar-refractivity contribution in [3.8, 4) is 0 Å². The molecule has 2 aliphatic rings. The first-order chi connectivity index (χ1) is 8.18. The van der Waals surface area contributed by atoms with Gasteiger partial charge >= 0.3 is 0 Å². The van der Waals surface area contributed by atoms with Crippen LogP contribution in [-0.4, -0.2) is 36.8 Å². The third-order valence-corrected chi connectivity index (χ3v) is 4.34. The van der Waals surface area contributed by atoms with Crippen LogP contribution in [0.15, 0.2) is 0 Å². The molecule has 1 saturated carbocycles. The van der Waals surface area contributed by atoms with Gasteiger partial charge in [0.15, 0.2) is 0 Å². The number of aliphatic hydroxyl groups is 1. The number of rotatable bonds is 4. The molecule has 0 radical (unpaired) electrons. The molecule has 1 heterocycles. The van der Waals surface area contributed by atoms with Crippen molar-refractivity contribution in [1.82, 2.24) is 10.6 Å². The van der Waals surface area contributed by atoms with Crippen LogP contribution in [0.5, 0.6) is 0 Å². The van der Waals surface area contributed by atoms with Crippen LogP contribution >= 0.6 is 0 Å². The molecule has 2 fully saturated rings. The second kappa shape index (κ2) is 5.83. The van der Waals surface area contributed by atoms with Gasteiger partial charge in [-0.25, -0.2) is 0 Å². The fraction of sp³-hybridized carbons (Fsp3) is 0.923. The Morgan fingerprint density at radius 3 is 2.71 bits per heavy atom. The number of nitrogens with one attached hydrogen (secondary N) is 2. The van der Waals surface area contributed by atoms with Gasteiger partial charge in [0.05, 0.1) is 6.10 Å². The van der Waals surface area contributed by atoms with E-state index in [-0.39, 0.29) is 23.8 Å². The van der Waals surface area contributed by atoms with Gasteiger partial charge in [-0.1, -0.05) is 19.8 Å². The number of hydrogen-bond donors (Lipinski definition) is 3. The Kier molecular flexibility index (Phi) is 4.40. The van der Waals surface area contributed by atoms with E-state index in [9.17, 15) is 9.90 Å². The largest absolute Gasteiger partial charge is 0.393 e. The van der Waals surface area contributed by atoms with Crippen LogP contribution in [0, 0.1) is 17.8 Å². The molecule has 98 valence electrons. The predicted octanol–water partition coefficient (Wildman–Crippen LogP) is 0.509. The van der Waals surface area contributed by atoms with E-state index in [1.165, 1.54) is 6.42 Å². The second-order valence-electron chi connectivity index (χ2n) is 5.56. The minimum atomic E-state index is -0.218. The van der Waals surface area contributed by atoms with Crippen LogP contribution in [0.25, 0.3) is 0 Å². The van der Waals surface area contributed by atoms with Gasteiger partial charge < -0.3 is 15.7 Å². The fourth-order valence-corrected chi connectivity index (χ4v) is 2.70. The first kappa shape index (κ1) is 12.8. The van der Waals surface area contributed by atoms with Gasteiger partial charge in [0.2, 0.25) is 5.91 Å². The van der Waals surface area contributed by atoms with Crippen LogP contribution in [0.1, 0.15) is 32.6 Å². The Labute approximate surface area is 103 Å². The summed E-state index contributed by atoms with van der Waals surface area (Å²) in [6, 6.07) is 0. The number of amides is 1. The molecule has 0 aromatic carbocycles. The van der Waals surface area contributed by atoms with Crippen molar-refractivity contribution in [2.24, 2.45) is 17.8 Å². The van der Waals surface area contributed by atoms with Gasteiger partial charge in [-0.2, -0.15) is 0 Å². The van der Waals surface area contributed by atoms with E-state index in [4.69, 9.17) is 0 Å². The van der Waals surface area contributed by atoms with Gasteiger partial charge in [-0.05, 0) is 31.8 Å². The van der Waals surface area contributed by atoms with E-state index in [2.05, 4.69) is 10.6 Å². The smallest absolute Gasteiger partial charge is 0.223 e. The summed E-state index contributed by atoms with van der Waals surface area (Å²) in [6.07, 6.45) is 4.02. The third kappa shape index (κ3) is 3.19. The zero-order valence-electron chi connectivity index (χ0n) is 10.6. The molecule has 3 N–H and O–H groups in total. The molecule has 3 atom stereocenters. The molecule has 0 aromatic heterocycles. The minimum Gasteiger partial charge on any atom is -0.393 e. The number of hydrogen-bond acceptors (Lipinski definition) is 3. The fourth-order valence-electron chi connectivity index (χ4n) is 2.70. The highest BCUT2D eigenvalue weighted by atomic mass is 16.3. The Bertz CT molecular complexity index is 266. The minimum absolute atomic E-state index is 0.0944. The Morgan fingerprint density at radius 1 is 1.41 bits per heavy atom. The highest BCUT2D eigenvalue weighted by Crippen LogP contribution is 2.24. The first-order valence-corrected chi connectivity index (χ1v) is 6.85. The number of aliphatic hydroxyl groups excluding tert-OH is 1. The molecule has 1 amide bonds. The number of carbonyl (C=O) groups excluding carboxylic acids is 1. The standard InChI is InChI=1S/C13H24N2O2/c1-9(11-6-14-7-11)13(17)15-8-10-4-2-3-5-12(10)16/h9-12,14,16H,2-8H2,1H3,(H,15,17). The predicted molar refractivity (Wildman–Crippen MR) is 66.5 cm³/mol. The summed E-state index contributed by atoms with van der Waals surface area (Å²) in [5.41, 5.74) is 0. The third-order valence-electron chi connectivity index (χ3n) is 4.34. The Morgan fingerprint density at radius 2 is 2.12 bits per heavy atom. The molecule has 1 saturated heterocycles. The summed E-state index contributed by atoms with van der Waals surface area (Å²) in [7, 11) is 0. The molecular formula is C13H24N2O2. The number of carbonyl (C=O) groups is 1. The maximum atomic E-state index is 11.9. The van der Waals surface area contributed by atoms with E-state index in [0.29, 0.717) is 12.5 Å². The Balaban J connectivity index is 1.71. The topological polar surface area (TPSA) is 61.4 Å². The highest BCUT2D eigenvalue weighted by Gasteiger charge is 2.29. The molecule has 0 aromatic rings. The van der Waals surface area contributed by atoms with Crippen LogP contribution in [0.3, 0.4) is 0 Å². The molecule has 1 aliphatic heterocycles. The molecule has 4 heteroatoms. The van der Waals surface area contributed by atoms with Crippen molar-refractivity contribution in [3.63, 3.8) is 0 Å². The zero-order valence-corrected chi connectivity index (χ0v) is 10.6. The second-order valence-corrected chi connectivity index (χ2v) is 5.56. The quantitative estimate of drug-likeness (QED) is 0.671. The summed E-state index contributed by atoms with van der Waals surface area (Å²) < 4.78 is 0. The van der Waals surface area contributed by atoms with E-state index < -0.39 is 0 Å². The monoisotopic (exact) mass is 240 g/mol. The summed E-state index contributed by atoms with van der Waals surface area (Å²) in [4.78, 5) is 11.9. The lowest BCUT2D eigenvalue weighted by Crippen LogP contribution is -2.50. The van der Waals surface area contributed by atoms with Gasteiger partial charge in [-0.15, -0.1) is 0 Å². The van der Waals surface area contributed by atoms with E-state index in [1.54, 1.807) is 0 Å². The van der Waals surface area contributed by atoms with Gasteiger partial charge in [0.25, 0.3) is 0 Å².